The largest absolute Gasteiger partial charge is 0.481 e. The van der Waals surface area contributed by atoms with Crippen molar-refractivity contribution in [3.8, 4) is 11.4 Å². The van der Waals surface area contributed by atoms with E-state index in [2.05, 4.69) is 20.3 Å². The fourth-order valence-electron chi connectivity index (χ4n) is 1.94. The van der Waals surface area contributed by atoms with Crippen LogP contribution < -0.4 is 0 Å². The van der Waals surface area contributed by atoms with Crippen LogP contribution in [0.25, 0.3) is 11.4 Å². The molecule has 9 heteroatoms. The molecule has 8 nitrogen and oxygen atoms in total. The first-order valence-electron chi connectivity index (χ1n) is 6.94. The minimum atomic E-state index is -0.936. The number of hydrogen-bond donors (Lipinski definition) is 1. The standard InChI is InChI=1S/C15H13N5O3S/c1-10-12(4-7-23-10)14-18-19-15(24-9-13(21)22)20(14)17-8-11-2-5-16-6-3-11/h2-8H,9H2,1H3,(H,21,22)/b17-8-. The summed E-state index contributed by atoms with van der Waals surface area (Å²) in [5.74, 6) is 0.0958. The molecule has 0 atom stereocenters. The number of nitrogens with zero attached hydrogens (tertiary/aromatic N) is 5. The Hall–Kier alpha value is -2.94. The molecule has 3 aromatic rings. The van der Waals surface area contributed by atoms with Crippen LogP contribution >= 0.6 is 11.8 Å². The Morgan fingerprint density at radius 2 is 2.17 bits per heavy atom. The molecule has 0 saturated heterocycles. The van der Waals surface area contributed by atoms with Crippen molar-refractivity contribution < 1.29 is 14.3 Å². The van der Waals surface area contributed by atoms with Gasteiger partial charge >= 0.3 is 5.97 Å². The van der Waals surface area contributed by atoms with Crippen molar-refractivity contribution >= 4 is 23.9 Å². The number of aryl methyl sites for hydroxylation is 1. The average Bonchev–Trinajstić information content (AvgIpc) is 3.17. The highest BCUT2D eigenvalue weighted by atomic mass is 32.2. The van der Waals surface area contributed by atoms with Crippen LogP contribution in [-0.2, 0) is 4.79 Å². The van der Waals surface area contributed by atoms with Gasteiger partial charge in [0.05, 0.1) is 23.8 Å². The Bertz CT molecular complexity index is 872. The second kappa shape index (κ2) is 7.09. The lowest BCUT2D eigenvalue weighted by Crippen LogP contribution is -2.01. The summed E-state index contributed by atoms with van der Waals surface area (Å²) in [6.07, 6.45) is 6.51. The molecule has 0 amide bonds. The minimum absolute atomic E-state index is 0.132. The maximum absolute atomic E-state index is 10.8. The molecule has 0 aliphatic heterocycles. The summed E-state index contributed by atoms with van der Waals surface area (Å²) in [6, 6.07) is 5.38. The second-order valence-electron chi connectivity index (χ2n) is 4.72. The molecular formula is C15H13N5O3S. The van der Waals surface area contributed by atoms with Gasteiger partial charge in [-0.3, -0.25) is 9.78 Å². The highest BCUT2D eigenvalue weighted by Gasteiger charge is 2.17. The van der Waals surface area contributed by atoms with E-state index in [0.29, 0.717) is 16.7 Å². The number of thioether (sulfide) groups is 1. The molecule has 122 valence electrons. The summed E-state index contributed by atoms with van der Waals surface area (Å²) in [5.41, 5.74) is 1.60. The fourth-order valence-corrected chi connectivity index (χ4v) is 2.55. The predicted molar refractivity (Wildman–Crippen MR) is 88.0 cm³/mol. The number of carbonyl (C=O) groups is 1. The number of hydrogen-bond acceptors (Lipinski definition) is 7. The lowest BCUT2D eigenvalue weighted by molar-refractivity contribution is -0.133. The summed E-state index contributed by atoms with van der Waals surface area (Å²) in [4.78, 5) is 14.8. The second-order valence-corrected chi connectivity index (χ2v) is 5.66. The molecule has 3 heterocycles. The number of furan rings is 1. The van der Waals surface area contributed by atoms with Crippen molar-refractivity contribution in [1.29, 1.82) is 0 Å². The van der Waals surface area contributed by atoms with Crippen molar-refractivity contribution in [3.63, 3.8) is 0 Å². The Balaban J connectivity index is 1.99. The lowest BCUT2D eigenvalue weighted by Gasteiger charge is -2.03. The molecule has 0 unspecified atom stereocenters. The molecule has 0 aliphatic carbocycles. The zero-order chi connectivity index (χ0) is 16.9. The lowest BCUT2D eigenvalue weighted by atomic mass is 10.2. The molecule has 0 aromatic carbocycles. The van der Waals surface area contributed by atoms with E-state index in [0.717, 1.165) is 22.9 Å². The van der Waals surface area contributed by atoms with Crippen molar-refractivity contribution in [2.24, 2.45) is 5.10 Å². The Kier molecular flexibility index (Phi) is 4.71. The fraction of sp³-hybridized carbons (Fsp3) is 0.133. The van der Waals surface area contributed by atoms with Gasteiger partial charge in [0.25, 0.3) is 0 Å². The van der Waals surface area contributed by atoms with Crippen LogP contribution in [0.2, 0.25) is 0 Å². The molecular weight excluding hydrogens is 330 g/mol. The zero-order valence-electron chi connectivity index (χ0n) is 12.7. The van der Waals surface area contributed by atoms with Gasteiger partial charge in [-0.2, -0.15) is 9.78 Å². The van der Waals surface area contributed by atoms with Crippen LogP contribution in [-0.4, -0.2) is 42.9 Å². The van der Waals surface area contributed by atoms with Gasteiger partial charge in [0.15, 0.2) is 5.82 Å². The highest BCUT2D eigenvalue weighted by Crippen LogP contribution is 2.26. The first-order valence-corrected chi connectivity index (χ1v) is 7.92. The molecule has 0 aliphatic rings. The van der Waals surface area contributed by atoms with E-state index >= 15 is 0 Å². The monoisotopic (exact) mass is 343 g/mol. The van der Waals surface area contributed by atoms with Gasteiger partial charge in [-0.1, -0.05) is 11.8 Å². The Labute approximate surface area is 141 Å². The van der Waals surface area contributed by atoms with Crippen LogP contribution in [0, 0.1) is 6.92 Å². The topological polar surface area (TPSA) is 106 Å². The summed E-state index contributed by atoms with van der Waals surface area (Å²) in [5, 5.41) is 21.8. The van der Waals surface area contributed by atoms with Crippen molar-refractivity contribution in [1.82, 2.24) is 19.9 Å². The van der Waals surface area contributed by atoms with Gasteiger partial charge in [0, 0.05) is 12.4 Å². The van der Waals surface area contributed by atoms with Crippen LogP contribution in [0.15, 0.2) is 51.5 Å². The Morgan fingerprint density at radius 3 is 2.83 bits per heavy atom. The SMILES string of the molecule is Cc1occc1-c1nnc(SCC(=O)O)n1/N=C\c1ccncc1. The minimum Gasteiger partial charge on any atom is -0.481 e. The van der Waals surface area contributed by atoms with Gasteiger partial charge < -0.3 is 9.52 Å². The molecule has 3 aromatic heterocycles. The molecule has 3 rings (SSSR count). The molecule has 0 spiro atoms. The molecule has 0 saturated carbocycles. The van der Waals surface area contributed by atoms with E-state index in [-0.39, 0.29) is 5.75 Å². The normalized spacial score (nSPS) is 11.2. The van der Waals surface area contributed by atoms with E-state index in [1.165, 1.54) is 4.68 Å². The van der Waals surface area contributed by atoms with Gasteiger partial charge in [-0.25, -0.2) is 0 Å². The molecule has 1 N–H and O–H groups in total. The molecule has 0 bridgehead atoms. The van der Waals surface area contributed by atoms with Gasteiger partial charge in [-0.15, -0.1) is 10.2 Å². The van der Waals surface area contributed by atoms with Crippen LogP contribution in [0.5, 0.6) is 0 Å². The van der Waals surface area contributed by atoms with Crippen molar-refractivity contribution in [2.75, 3.05) is 5.75 Å². The first kappa shape index (κ1) is 15.9. The molecule has 0 radical (unpaired) electrons. The number of aliphatic carboxylic acids is 1. The van der Waals surface area contributed by atoms with Crippen molar-refractivity contribution in [3.05, 3.63) is 48.2 Å². The Morgan fingerprint density at radius 1 is 1.38 bits per heavy atom. The third-order valence-corrected chi connectivity index (χ3v) is 3.97. The predicted octanol–water partition coefficient (Wildman–Crippen LogP) is 2.30. The van der Waals surface area contributed by atoms with Crippen LogP contribution in [0.3, 0.4) is 0 Å². The first-order chi connectivity index (χ1) is 11.6. The van der Waals surface area contributed by atoms with Crippen molar-refractivity contribution in [2.45, 2.75) is 12.1 Å². The molecule has 0 fully saturated rings. The number of pyridine rings is 1. The summed E-state index contributed by atoms with van der Waals surface area (Å²) in [6.45, 7) is 1.81. The maximum atomic E-state index is 10.8. The van der Waals surface area contributed by atoms with Crippen LogP contribution in [0.1, 0.15) is 11.3 Å². The summed E-state index contributed by atoms with van der Waals surface area (Å²) in [7, 11) is 0. The summed E-state index contributed by atoms with van der Waals surface area (Å²) >= 11 is 1.05. The van der Waals surface area contributed by atoms with E-state index in [1.807, 2.05) is 6.92 Å². The number of carboxylic acid groups (broad SMARTS) is 1. The van der Waals surface area contributed by atoms with E-state index in [1.54, 1.807) is 43.1 Å². The van der Waals surface area contributed by atoms with Gasteiger partial charge in [0.2, 0.25) is 5.16 Å². The third-order valence-electron chi connectivity index (χ3n) is 3.06. The zero-order valence-corrected chi connectivity index (χ0v) is 13.5. The highest BCUT2D eigenvalue weighted by molar-refractivity contribution is 7.99. The third kappa shape index (κ3) is 3.51. The van der Waals surface area contributed by atoms with E-state index < -0.39 is 5.97 Å². The number of rotatable bonds is 6. The van der Waals surface area contributed by atoms with Crippen LogP contribution in [0.4, 0.5) is 0 Å². The summed E-state index contributed by atoms with van der Waals surface area (Å²) < 4.78 is 6.81. The maximum Gasteiger partial charge on any atom is 0.313 e. The number of aromatic nitrogens is 4. The number of carboxylic acids is 1. The van der Waals surface area contributed by atoms with Gasteiger partial charge in [-0.05, 0) is 30.7 Å². The van der Waals surface area contributed by atoms with E-state index in [9.17, 15) is 4.79 Å². The van der Waals surface area contributed by atoms with Gasteiger partial charge in [0.1, 0.15) is 5.76 Å². The smallest absolute Gasteiger partial charge is 0.313 e. The molecule has 24 heavy (non-hydrogen) atoms. The quantitative estimate of drug-likeness (QED) is 0.540. The van der Waals surface area contributed by atoms with E-state index in [4.69, 9.17) is 9.52 Å². The average molecular weight is 343 g/mol.